The van der Waals surface area contributed by atoms with Crippen LogP contribution in [0, 0.1) is 6.92 Å². The fraction of sp³-hybridized carbons (Fsp3) is 0.389. The molecule has 2 aromatic rings. The number of aliphatic hydroxyl groups is 1. The van der Waals surface area contributed by atoms with Gasteiger partial charge in [0.25, 0.3) is 5.95 Å². The molecule has 152 valence electrons. The van der Waals surface area contributed by atoms with E-state index in [0.29, 0.717) is 41.2 Å². The molecule has 8 nitrogen and oxygen atoms in total. The number of aryl methyl sites for hydroxylation is 1. The first kappa shape index (κ1) is 22.2. The third kappa shape index (κ3) is 7.85. The van der Waals surface area contributed by atoms with Gasteiger partial charge >= 0.3 is 0 Å². The minimum absolute atomic E-state index is 0.127. The molecule has 0 saturated carbocycles. The number of nitrogens with one attached hydrogen (secondary N) is 3. The first-order chi connectivity index (χ1) is 13.1. The van der Waals surface area contributed by atoms with E-state index in [4.69, 9.17) is 28.9 Å². The molecule has 6 N–H and O–H groups in total. The summed E-state index contributed by atoms with van der Waals surface area (Å²) >= 11 is 11.9. The van der Waals surface area contributed by atoms with Gasteiger partial charge in [0.05, 0.1) is 15.6 Å². The summed E-state index contributed by atoms with van der Waals surface area (Å²) in [6.45, 7) is 7.16. The predicted molar refractivity (Wildman–Crippen MR) is 116 cm³/mol. The molecule has 0 aliphatic heterocycles. The lowest BCUT2D eigenvalue weighted by atomic mass is 10.1. The third-order valence-electron chi connectivity index (χ3n) is 3.42. The summed E-state index contributed by atoms with van der Waals surface area (Å²) in [5.74, 6) is 0.998. The molecule has 28 heavy (non-hydrogen) atoms. The van der Waals surface area contributed by atoms with Crippen LogP contribution in [-0.4, -0.2) is 46.3 Å². The fourth-order valence-electron chi connectivity index (χ4n) is 2.22. The maximum atomic E-state index is 9.68. The monoisotopic (exact) mass is 425 g/mol. The lowest BCUT2D eigenvalue weighted by Crippen LogP contribution is -2.36. The van der Waals surface area contributed by atoms with Gasteiger partial charge in [-0.1, -0.05) is 23.2 Å². The summed E-state index contributed by atoms with van der Waals surface area (Å²) in [6, 6.07) is 6.87. The Bertz CT molecular complexity index is 837. The van der Waals surface area contributed by atoms with Gasteiger partial charge in [-0.25, -0.2) is 4.98 Å². The van der Waals surface area contributed by atoms with Crippen LogP contribution in [0.25, 0.3) is 0 Å². The fourth-order valence-corrected chi connectivity index (χ4v) is 2.52. The van der Waals surface area contributed by atoms with Gasteiger partial charge in [-0.15, -0.1) is 0 Å². The summed E-state index contributed by atoms with van der Waals surface area (Å²) in [4.78, 5) is 12.8. The Morgan fingerprint density at radius 3 is 2.61 bits per heavy atom. The van der Waals surface area contributed by atoms with Crippen molar-refractivity contribution in [2.75, 3.05) is 30.3 Å². The van der Waals surface area contributed by atoms with Crippen LogP contribution >= 0.6 is 23.2 Å². The van der Waals surface area contributed by atoms with Crippen molar-refractivity contribution >= 4 is 46.6 Å². The molecule has 0 fully saturated rings. The van der Waals surface area contributed by atoms with E-state index in [-0.39, 0.29) is 11.9 Å². The quantitative estimate of drug-likeness (QED) is 0.250. The molecule has 1 heterocycles. The predicted octanol–water partition coefficient (Wildman–Crippen LogP) is 2.92. The molecule has 0 aliphatic carbocycles. The molecule has 0 aliphatic rings. The lowest BCUT2D eigenvalue weighted by Gasteiger charge is -2.17. The lowest BCUT2D eigenvalue weighted by molar-refractivity contribution is 0.0804. The van der Waals surface area contributed by atoms with E-state index in [0.717, 1.165) is 5.69 Å². The van der Waals surface area contributed by atoms with Crippen LogP contribution in [0.2, 0.25) is 10.0 Å². The highest BCUT2D eigenvalue weighted by Crippen LogP contribution is 2.25. The van der Waals surface area contributed by atoms with E-state index in [1.165, 1.54) is 0 Å². The van der Waals surface area contributed by atoms with Crippen LogP contribution in [0.3, 0.4) is 0 Å². The molecule has 0 radical (unpaired) electrons. The highest BCUT2D eigenvalue weighted by atomic mass is 35.5. The Morgan fingerprint density at radius 2 is 1.93 bits per heavy atom. The average molecular weight is 426 g/mol. The topological polar surface area (TPSA) is 120 Å². The van der Waals surface area contributed by atoms with Gasteiger partial charge in [0.2, 0.25) is 5.96 Å². The second-order valence-corrected chi connectivity index (χ2v) is 7.68. The zero-order valence-corrected chi connectivity index (χ0v) is 17.6. The van der Waals surface area contributed by atoms with Crippen molar-refractivity contribution in [2.24, 2.45) is 10.7 Å². The maximum Gasteiger partial charge on any atom is 0.254 e. The zero-order valence-electron chi connectivity index (χ0n) is 16.1. The van der Waals surface area contributed by atoms with Crippen molar-refractivity contribution in [3.8, 4) is 0 Å². The Labute approximate surface area is 174 Å². The van der Waals surface area contributed by atoms with E-state index >= 15 is 0 Å². The maximum absolute atomic E-state index is 9.68. The SMILES string of the molecule is Cc1cc(NCCNCC(C)(C)O)nc(/N=C(\N)Nc2ccc(Cl)c(Cl)c2)n1. The molecule has 0 unspecified atom stereocenters. The number of halogens is 2. The second kappa shape index (κ2) is 9.88. The van der Waals surface area contributed by atoms with Crippen LogP contribution in [0.4, 0.5) is 17.5 Å². The van der Waals surface area contributed by atoms with E-state index in [2.05, 4.69) is 30.9 Å². The largest absolute Gasteiger partial charge is 0.389 e. The normalized spacial score (nSPS) is 12.1. The van der Waals surface area contributed by atoms with Crippen molar-refractivity contribution in [1.29, 1.82) is 0 Å². The van der Waals surface area contributed by atoms with Crippen molar-refractivity contribution in [1.82, 2.24) is 15.3 Å². The average Bonchev–Trinajstić information content (AvgIpc) is 2.56. The Balaban J connectivity index is 1.97. The van der Waals surface area contributed by atoms with Gasteiger partial charge in [0.1, 0.15) is 5.82 Å². The van der Waals surface area contributed by atoms with Crippen LogP contribution in [-0.2, 0) is 0 Å². The van der Waals surface area contributed by atoms with E-state index < -0.39 is 5.60 Å². The van der Waals surface area contributed by atoms with Crippen LogP contribution in [0.1, 0.15) is 19.5 Å². The Hall–Kier alpha value is -2.13. The minimum Gasteiger partial charge on any atom is -0.389 e. The summed E-state index contributed by atoms with van der Waals surface area (Å²) in [5.41, 5.74) is 6.60. The molecule has 0 amide bonds. The summed E-state index contributed by atoms with van der Waals surface area (Å²) < 4.78 is 0. The molecular formula is C18H25Cl2N7O. The van der Waals surface area contributed by atoms with Crippen molar-refractivity contribution in [3.05, 3.63) is 40.0 Å². The first-order valence-corrected chi connectivity index (χ1v) is 9.47. The number of anilines is 2. The number of benzene rings is 1. The first-order valence-electron chi connectivity index (χ1n) is 8.71. The molecule has 1 aromatic heterocycles. The summed E-state index contributed by atoms with van der Waals surface area (Å²) in [5, 5.41) is 19.8. The molecule has 10 heteroatoms. The van der Waals surface area contributed by atoms with Crippen LogP contribution in [0.15, 0.2) is 29.3 Å². The Morgan fingerprint density at radius 1 is 1.18 bits per heavy atom. The highest BCUT2D eigenvalue weighted by molar-refractivity contribution is 6.42. The van der Waals surface area contributed by atoms with Gasteiger partial charge < -0.3 is 26.8 Å². The van der Waals surface area contributed by atoms with Crippen molar-refractivity contribution in [2.45, 2.75) is 26.4 Å². The summed E-state index contributed by atoms with van der Waals surface area (Å²) in [7, 11) is 0. The van der Waals surface area contributed by atoms with Gasteiger partial charge in [-0.05, 0) is 39.0 Å². The molecule has 0 atom stereocenters. The number of nitrogens with two attached hydrogens (primary N) is 1. The van der Waals surface area contributed by atoms with Crippen molar-refractivity contribution < 1.29 is 5.11 Å². The highest BCUT2D eigenvalue weighted by Gasteiger charge is 2.10. The molecule has 0 saturated heterocycles. The van der Waals surface area contributed by atoms with Gasteiger partial charge in [-0.3, -0.25) is 0 Å². The number of aliphatic imine (C=N–C) groups is 1. The number of aromatic nitrogens is 2. The van der Waals surface area contributed by atoms with E-state index in [1.54, 1.807) is 32.0 Å². The molecule has 1 aromatic carbocycles. The standard InChI is InChI=1S/C18H25Cl2N7O/c1-11-8-15(23-7-6-22-10-18(2,3)28)26-17(24-11)27-16(21)25-12-4-5-13(19)14(20)9-12/h4-5,8-9,22,28H,6-7,10H2,1-3H3,(H4,21,23,24,25,26,27). The molecule has 0 spiro atoms. The van der Waals surface area contributed by atoms with Gasteiger partial charge in [0, 0.05) is 37.1 Å². The number of rotatable bonds is 8. The zero-order chi connectivity index (χ0) is 20.7. The van der Waals surface area contributed by atoms with Gasteiger partial charge in [-0.2, -0.15) is 9.98 Å². The molecule has 2 rings (SSSR count). The van der Waals surface area contributed by atoms with E-state index in [9.17, 15) is 5.11 Å². The number of hydrogen-bond acceptors (Lipinski definition) is 6. The van der Waals surface area contributed by atoms with Crippen molar-refractivity contribution in [3.63, 3.8) is 0 Å². The van der Waals surface area contributed by atoms with Crippen LogP contribution in [0.5, 0.6) is 0 Å². The van der Waals surface area contributed by atoms with E-state index in [1.807, 2.05) is 13.0 Å². The van der Waals surface area contributed by atoms with Gasteiger partial charge in [0.15, 0.2) is 0 Å². The number of guanidine groups is 1. The Kier molecular flexibility index (Phi) is 7.82. The van der Waals surface area contributed by atoms with Crippen LogP contribution < -0.4 is 21.7 Å². The third-order valence-corrected chi connectivity index (χ3v) is 4.16. The molecule has 0 bridgehead atoms. The number of hydrogen-bond donors (Lipinski definition) is 5. The second-order valence-electron chi connectivity index (χ2n) is 6.86. The molecular weight excluding hydrogens is 401 g/mol. The number of nitrogens with zero attached hydrogens (tertiary/aromatic N) is 3. The smallest absolute Gasteiger partial charge is 0.254 e. The summed E-state index contributed by atoms with van der Waals surface area (Å²) in [6.07, 6.45) is 0. The minimum atomic E-state index is -0.744.